The van der Waals surface area contributed by atoms with Crippen LogP contribution in [0.3, 0.4) is 0 Å². The van der Waals surface area contributed by atoms with Crippen molar-refractivity contribution in [3.8, 4) is 0 Å². The van der Waals surface area contributed by atoms with E-state index in [4.69, 9.17) is 0 Å². The number of amides is 1. The summed E-state index contributed by atoms with van der Waals surface area (Å²) in [6.07, 6.45) is 3.24. The second kappa shape index (κ2) is 6.15. The summed E-state index contributed by atoms with van der Waals surface area (Å²) >= 11 is 0. The molecular weight excluding hydrogens is 284 g/mol. The van der Waals surface area contributed by atoms with E-state index in [9.17, 15) is 4.79 Å². The third-order valence-corrected chi connectivity index (χ3v) is 3.85. The van der Waals surface area contributed by atoms with Crippen molar-refractivity contribution >= 4 is 11.6 Å². The summed E-state index contributed by atoms with van der Waals surface area (Å²) in [7, 11) is 0. The van der Waals surface area contributed by atoms with Gasteiger partial charge in [-0.05, 0) is 46.2 Å². The molecule has 3 nitrogen and oxygen atoms in total. The number of benzene rings is 1. The van der Waals surface area contributed by atoms with Gasteiger partial charge in [0.2, 0.25) is 0 Å². The maximum atomic E-state index is 12.4. The van der Waals surface area contributed by atoms with Crippen LogP contribution in [0, 0.1) is 0 Å². The van der Waals surface area contributed by atoms with Gasteiger partial charge in [-0.3, -0.25) is 9.78 Å². The molecular formula is C20H26N2O. The Morgan fingerprint density at radius 3 is 1.96 bits per heavy atom. The Kier molecular flexibility index (Phi) is 4.60. The van der Waals surface area contributed by atoms with Gasteiger partial charge in [0.15, 0.2) is 0 Å². The van der Waals surface area contributed by atoms with Crippen LogP contribution in [-0.4, -0.2) is 10.9 Å². The summed E-state index contributed by atoms with van der Waals surface area (Å²) < 4.78 is 0. The molecule has 0 saturated carbocycles. The molecule has 1 amide bonds. The highest BCUT2D eigenvalue weighted by Gasteiger charge is 2.21. The monoisotopic (exact) mass is 310 g/mol. The van der Waals surface area contributed by atoms with Crippen molar-refractivity contribution in [3.63, 3.8) is 0 Å². The molecule has 1 aromatic heterocycles. The summed E-state index contributed by atoms with van der Waals surface area (Å²) in [6, 6.07) is 9.88. The maximum Gasteiger partial charge on any atom is 0.257 e. The van der Waals surface area contributed by atoms with Crippen LogP contribution >= 0.6 is 0 Å². The number of nitrogens with one attached hydrogen (secondary N) is 1. The first kappa shape index (κ1) is 17.2. The average Bonchev–Trinajstić information content (AvgIpc) is 2.46. The van der Waals surface area contributed by atoms with Gasteiger partial charge in [0.25, 0.3) is 5.91 Å². The first-order chi connectivity index (χ1) is 10.6. The zero-order chi connectivity index (χ0) is 17.3. The molecule has 1 aromatic carbocycles. The fraction of sp³-hybridized carbons (Fsp3) is 0.400. The van der Waals surface area contributed by atoms with E-state index in [0.717, 1.165) is 5.69 Å². The topological polar surface area (TPSA) is 42.0 Å². The van der Waals surface area contributed by atoms with Crippen molar-refractivity contribution in [1.82, 2.24) is 4.98 Å². The number of hydrogen-bond donors (Lipinski definition) is 1. The third-order valence-electron chi connectivity index (χ3n) is 3.85. The molecule has 0 aliphatic carbocycles. The third kappa shape index (κ3) is 4.41. The number of pyridine rings is 1. The lowest BCUT2D eigenvalue weighted by atomic mass is 9.80. The van der Waals surface area contributed by atoms with Crippen molar-refractivity contribution in [3.05, 3.63) is 59.4 Å². The molecule has 0 aliphatic heterocycles. The van der Waals surface area contributed by atoms with Crippen LogP contribution in [0.15, 0.2) is 42.7 Å². The molecule has 0 bridgehead atoms. The fourth-order valence-corrected chi connectivity index (χ4v) is 2.27. The zero-order valence-electron chi connectivity index (χ0n) is 14.9. The van der Waals surface area contributed by atoms with Crippen LogP contribution in [0.4, 0.5) is 5.69 Å². The Balaban J connectivity index is 2.40. The smallest absolute Gasteiger partial charge is 0.257 e. The van der Waals surface area contributed by atoms with E-state index in [2.05, 4.69) is 70.0 Å². The molecule has 0 aliphatic rings. The molecule has 0 saturated heterocycles. The number of carbonyl (C=O) groups is 1. The molecule has 0 spiro atoms. The molecule has 2 rings (SSSR count). The van der Waals surface area contributed by atoms with E-state index in [-0.39, 0.29) is 16.7 Å². The van der Waals surface area contributed by atoms with Gasteiger partial charge in [0.05, 0.1) is 5.56 Å². The number of anilines is 1. The summed E-state index contributed by atoms with van der Waals surface area (Å²) in [5.41, 5.74) is 3.87. The molecule has 1 heterocycles. The van der Waals surface area contributed by atoms with Gasteiger partial charge in [-0.2, -0.15) is 0 Å². The highest BCUT2D eigenvalue weighted by molar-refractivity contribution is 6.04. The molecule has 0 radical (unpaired) electrons. The largest absolute Gasteiger partial charge is 0.322 e. The number of aromatic nitrogens is 1. The van der Waals surface area contributed by atoms with E-state index in [1.807, 2.05) is 0 Å². The van der Waals surface area contributed by atoms with Gasteiger partial charge >= 0.3 is 0 Å². The molecule has 2 aromatic rings. The van der Waals surface area contributed by atoms with E-state index in [1.54, 1.807) is 24.5 Å². The lowest BCUT2D eigenvalue weighted by Gasteiger charge is -2.26. The van der Waals surface area contributed by atoms with Crippen LogP contribution in [0.5, 0.6) is 0 Å². The van der Waals surface area contributed by atoms with Gasteiger partial charge in [-0.15, -0.1) is 0 Å². The van der Waals surface area contributed by atoms with Crippen molar-refractivity contribution in [2.24, 2.45) is 0 Å². The quantitative estimate of drug-likeness (QED) is 0.854. The second-order valence-electron chi connectivity index (χ2n) is 7.99. The van der Waals surface area contributed by atoms with Gasteiger partial charge in [0, 0.05) is 18.1 Å². The molecule has 122 valence electrons. The van der Waals surface area contributed by atoms with Gasteiger partial charge in [-0.25, -0.2) is 0 Å². The standard InChI is InChI=1S/C20H26N2O/c1-19(2,3)15-10-16(20(4,5)6)12-17(11-15)22-18(23)14-8-7-9-21-13-14/h7-13H,1-6H3,(H,22,23). The van der Waals surface area contributed by atoms with Crippen molar-refractivity contribution < 1.29 is 4.79 Å². The first-order valence-corrected chi connectivity index (χ1v) is 7.95. The summed E-state index contributed by atoms with van der Waals surface area (Å²) in [4.78, 5) is 16.4. The predicted octanol–water partition coefficient (Wildman–Crippen LogP) is 4.93. The Hall–Kier alpha value is -2.16. The number of carbonyl (C=O) groups excluding carboxylic acids is 1. The minimum absolute atomic E-state index is 0.0229. The predicted molar refractivity (Wildman–Crippen MR) is 96.0 cm³/mol. The van der Waals surface area contributed by atoms with Gasteiger partial charge < -0.3 is 5.32 Å². The van der Waals surface area contributed by atoms with Crippen molar-refractivity contribution in [1.29, 1.82) is 0 Å². The summed E-state index contributed by atoms with van der Waals surface area (Å²) in [5.74, 6) is -0.135. The number of nitrogens with zero attached hydrogens (tertiary/aromatic N) is 1. The van der Waals surface area contributed by atoms with Gasteiger partial charge in [-0.1, -0.05) is 47.6 Å². The molecule has 0 unspecified atom stereocenters. The second-order valence-corrected chi connectivity index (χ2v) is 7.99. The van der Waals surface area contributed by atoms with Crippen LogP contribution in [-0.2, 0) is 10.8 Å². The summed E-state index contributed by atoms with van der Waals surface area (Å²) in [5, 5.41) is 3.00. The SMILES string of the molecule is CC(C)(C)c1cc(NC(=O)c2cccnc2)cc(C(C)(C)C)c1. The van der Waals surface area contributed by atoms with E-state index in [0.29, 0.717) is 5.56 Å². The lowest BCUT2D eigenvalue weighted by Crippen LogP contribution is -2.19. The Morgan fingerprint density at radius 1 is 0.957 bits per heavy atom. The summed E-state index contributed by atoms with van der Waals surface area (Å²) in [6.45, 7) is 13.1. The van der Waals surface area contributed by atoms with Crippen molar-refractivity contribution in [2.45, 2.75) is 52.4 Å². The first-order valence-electron chi connectivity index (χ1n) is 7.95. The fourth-order valence-electron chi connectivity index (χ4n) is 2.27. The molecule has 3 heteroatoms. The average molecular weight is 310 g/mol. The Morgan fingerprint density at radius 2 is 1.52 bits per heavy atom. The maximum absolute atomic E-state index is 12.4. The molecule has 0 atom stereocenters. The Bertz CT molecular complexity index is 660. The van der Waals surface area contributed by atoms with E-state index < -0.39 is 0 Å². The number of rotatable bonds is 2. The van der Waals surface area contributed by atoms with Crippen LogP contribution in [0.1, 0.15) is 63.0 Å². The lowest BCUT2D eigenvalue weighted by molar-refractivity contribution is 0.102. The zero-order valence-corrected chi connectivity index (χ0v) is 14.9. The van der Waals surface area contributed by atoms with Crippen molar-refractivity contribution in [2.75, 3.05) is 5.32 Å². The molecule has 0 fully saturated rings. The Labute approximate surface area is 139 Å². The molecule has 1 N–H and O–H groups in total. The van der Waals surface area contributed by atoms with Crippen LogP contribution in [0.2, 0.25) is 0 Å². The van der Waals surface area contributed by atoms with E-state index in [1.165, 1.54) is 11.1 Å². The minimum atomic E-state index is -0.135. The number of hydrogen-bond acceptors (Lipinski definition) is 2. The van der Waals surface area contributed by atoms with Gasteiger partial charge in [0.1, 0.15) is 0 Å². The van der Waals surface area contributed by atoms with Crippen LogP contribution in [0.25, 0.3) is 0 Å². The van der Waals surface area contributed by atoms with E-state index >= 15 is 0 Å². The highest BCUT2D eigenvalue weighted by atomic mass is 16.1. The highest BCUT2D eigenvalue weighted by Crippen LogP contribution is 2.32. The minimum Gasteiger partial charge on any atom is -0.322 e. The molecule has 23 heavy (non-hydrogen) atoms. The van der Waals surface area contributed by atoms with Crippen LogP contribution < -0.4 is 5.32 Å². The normalized spacial score (nSPS) is 12.1.